The second-order valence-electron chi connectivity index (χ2n) is 12.9. The van der Waals surface area contributed by atoms with Crippen molar-refractivity contribution in [1.82, 2.24) is 4.57 Å². The normalized spacial score (nSPS) is 12.0. The van der Waals surface area contributed by atoms with E-state index in [4.69, 9.17) is 0 Å². The van der Waals surface area contributed by atoms with Crippen LogP contribution in [0.4, 0.5) is 17.1 Å². The number of para-hydroxylation sites is 3. The Labute approximate surface area is 296 Å². The van der Waals surface area contributed by atoms with Gasteiger partial charge in [-0.05, 0) is 83.6 Å². The fourth-order valence-electron chi connectivity index (χ4n) is 7.97. The Balaban J connectivity index is 1.26. The molecule has 0 fully saturated rings. The molecule has 0 spiro atoms. The van der Waals surface area contributed by atoms with Gasteiger partial charge in [-0.1, -0.05) is 97.1 Å². The highest BCUT2D eigenvalue weighted by Crippen LogP contribution is 2.48. The Kier molecular flexibility index (Phi) is 6.03. The second-order valence-corrected chi connectivity index (χ2v) is 15.1. The average molecular weight is 673 g/mol. The molecule has 0 bridgehead atoms. The lowest BCUT2D eigenvalue weighted by Gasteiger charge is -2.28. The van der Waals surface area contributed by atoms with Gasteiger partial charge in [0.05, 0.1) is 22.4 Å². The number of anilines is 3. The van der Waals surface area contributed by atoms with Crippen molar-refractivity contribution in [3.63, 3.8) is 0 Å². The average Bonchev–Trinajstić information content (AvgIpc) is 3.84. The maximum Gasteiger partial charge on any atom is 0.0782 e. The van der Waals surface area contributed by atoms with Crippen LogP contribution in [-0.4, -0.2) is 4.57 Å². The first-order valence-corrected chi connectivity index (χ1v) is 18.6. The summed E-state index contributed by atoms with van der Waals surface area (Å²) in [5.41, 5.74) is 7.00. The Morgan fingerprint density at radius 2 is 1.06 bits per heavy atom. The van der Waals surface area contributed by atoms with Crippen LogP contribution in [0.3, 0.4) is 0 Å². The van der Waals surface area contributed by atoms with Gasteiger partial charge in [-0.15, -0.1) is 22.7 Å². The van der Waals surface area contributed by atoms with Crippen LogP contribution in [0.25, 0.3) is 78.6 Å². The fraction of sp³-hybridized carbons (Fsp3) is 0. The zero-order valence-electron chi connectivity index (χ0n) is 26.9. The molecule has 50 heavy (non-hydrogen) atoms. The Bertz CT molecular complexity index is 3110. The summed E-state index contributed by atoms with van der Waals surface area (Å²) in [7, 11) is 0. The molecule has 3 aromatic heterocycles. The van der Waals surface area contributed by atoms with Gasteiger partial charge in [-0.3, -0.25) is 0 Å². The molecular formula is C46H28N2S2. The first kappa shape index (κ1) is 28.0. The van der Waals surface area contributed by atoms with Crippen LogP contribution >= 0.6 is 22.7 Å². The number of nitrogens with zero attached hydrogens (tertiary/aromatic N) is 2. The third-order valence-corrected chi connectivity index (χ3v) is 12.4. The fourth-order valence-corrected chi connectivity index (χ4v) is 10.2. The maximum atomic E-state index is 2.51. The molecule has 0 aliphatic rings. The molecule has 2 nitrogen and oxygen atoms in total. The minimum absolute atomic E-state index is 1.14. The van der Waals surface area contributed by atoms with E-state index >= 15 is 0 Å². The third-order valence-electron chi connectivity index (χ3n) is 10.1. The topological polar surface area (TPSA) is 8.17 Å². The van der Waals surface area contributed by atoms with Crippen molar-refractivity contribution in [1.29, 1.82) is 0 Å². The molecule has 0 amide bonds. The van der Waals surface area contributed by atoms with E-state index in [-0.39, 0.29) is 0 Å². The molecule has 3 heterocycles. The summed E-state index contributed by atoms with van der Waals surface area (Å²) in [6.45, 7) is 0. The molecule has 11 aromatic rings. The van der Waals surface area contributed by atoms with Crippen LogP contribution in [0.5, 0.6) is 0 Å². The molecule has 0 N–H and O–H groups in total. The molecule has 234 valence electrons. The zero-order chi connectivity index (χ0) is 32.8. The SMILES string of the molecule is c1ccc(-n2c3ccccc3c3cccc(N(c4ccc5cc6c(cc5c4)sc4ccccc46)c4cccc5sc6ccccc6c45)c32)cc1. The van der Waals surface area contributed by atoms with E-state index in [1.54, 1.807) is 0 Å². The molecule has 0 saturated heterocycles. The highest BCUT2D eigenvalue weighted by Gasteiger charge is 2.24. The lowest BCUT2D eigenvalue weighted by atomic mass is 10.0. The van der Waals surface area contributed by atoms with Crippen molar-refractivity contribution >= 4 is 113 Å². The number of fused-ring (bicyclic) bond motifs is 10. The van der Waals surface area contributed by atoms with Gasteiger partial charge in [0.15, 0.2) is 0 Å². The van der Waals surface area contributed by atoms with Crippen molar-refractivity contribution in [2.45, 2.75) is 0 Å². The summed E-state index contributed by atoms with van der Waals surface area (Å²) in [4.78, 5) is 2.51. The summed E-state index contributed by atoms with van der Waals surface area (Å²) in [6.07, 6.45) is 0. The molecule has 0 aliphatic carbocycles. The van der Waals surface area contributed by atoms with Gasteiger partial charge >= 0.3 is 0 Å². The number of benzene rings is 8. The van der Waals surface area contributed by atoms with Gasteiger partial charge in [-0.25, -0.2) is 0 Å². The molecule has 11 rings (SSSR count). The predicted molar refractivity (Wildman–Crippen MR) is 219 cm³/mol. The van der Waals surface area contributed by atoms with E-state index in [0.717, 1.165) is 17.1 Å². The second kappa shape index (κ2) is 10.8. The highest BCUT2D eigenvalue weighted by atomic mass is 32.1. The van der Waals surface area contributed by atoms with Crippen LogP contribution < -0.4 is 4.90 Å². The van der Waals surface area contributed by atoms with Gasteiger partial charge in [-0.2, -0.15) is 0 Å². The van der Waals surface area contributed by atoms with E-state index < -0.39 is 0 Å². The van der Waals surface area contributed by atoms with Crippen molar-refractivity contribution in [3.05, 3.63) is 170 Å². The van der Waals surface area contributed by atoms with Gasteiger partial charge in [0.25, 0.3) is 0 Å². The lowest BCUT2D eigenvalue weighted by Crippen LogP contribution is -2.12. The Morgan fingerprint density at radius 1 is 0.400 bits per heavy atom. The van der Waals surface area contributed by atoms with Gasteiger partial charge in [0, 0.05) is 62.5 Å². The molecule has 0 atom stereocenters. The van der Waals surface area contributed by atoms with Crippen LogP contribution in [0, 0.1) is 0 Å². The smallest absolute Gasteiger partial charge is 0.0782 e. The predicted octanol–water partition coefficient (Wildman–Crippen LogP) is 14.1. The number of thiophene rings is 2. The van der Waals surface area contributed by atoms with E-state index in [1.165, 1.54) is 78.6 Å². The Hall–Kier alpha value is -5.94. The third kappa shape index (κ3) is 4.07. The first-order valence-electron chi connectivity index (χ1n) is 16.9. The molecule has 4 heteroatoms. The summed E-state index contributed by atoms with van der Waals surface area (Å²) in [5.74, 6) is 0. The summed E-state index contributed by atoms with van der Waals surface area (Å²) in [6, 6.07) is 62.5. The van der Waals surface area contributed by atoms with Crippen molar-refractivity contribution in [3.8, 4) is 5.69 Å². The van der Waals surface area contributed by atoms with E-state index in [2.05, 4.69) is 179 Å². The van der Waals surface area contributed by atoms with Crippen molar-refractivity contribution < 1.29 is 0 Å². The molecular weight excluding hydrogens is 645 g/mol. The number of hydrogen-bond acceptors (Lipinski definition) is 3. The molecule has 0 saturated carbocycles. The standard InChI is InChI=1S/C46H28N2S2/c1-2-12-31(13-3-1)48-38-18-7-4-14-33(38)35-17-10-20-40(46(35)48)47(39-19-11-23-43-45(39)36-16-6-9-22-42(36)49-43)32-25-24-29-27-37-34-15-5-8-21-41(34)50-44(37)28-30(29)26-32/h1-28H. The molecule has 8 aromatic carbocycles. The maximum absolute atomic E-state index is 2.51. The van der Waals surface area contributed by atoms with Gasteiger partial charge in [0.2, 0.25) is 0 Å². The van der Waals surface area contributed by atoms with Crippen molar-refractivity contribution in [2.24, 2.45) is 0 Å². The number of hydrogen-bond donors (Lipinski definition) is 0. The van der Waals surface area contributed by atoms with Gasteiger partial charge in [0.1, 0.15) is 0 Å². The van der Waals surface area contributed by atoms with E-state index in [9.17, 15) is 0 Å². The summed E-state index contributed by atoms with van der Waals surface area (Å²) in [5, 5.41) is 10.2. The number of aromatic nitrogens is 1. The molecule has 0 aliphatic heterocycles. The minimum Gasteiger partial charge on any atom is -0.308 e. The Morgan fingerprint density at radius 3 is 1.94 bits per heavy atom. The minimum atomic E-state index is 1.14. The number of rotatable bonds is 4. The quantitative estimate of drug-likeness (QED) is 0.181. The molecule has 0 unspecified atom stereocenters. The van der Waals surface area contributed by atoms with Crippen LogP contribution in [0.15, 0.2) is 170 Å². The first-order chi connectivity index (χ1) is 24.8. The van der Waals surface area contributed by atoms with Crippen LogP contribution in [0.1, 0.15) is 0 Å². The van der Waals surface area contributed by atoms with Crippen LogP contribution in [0.2, 0.25) is 0 Å². The summed E-state index contributed by atoms with van der Waals surface area (Å²) < 4.78 is 7.69. The lowest BCUT2D eigenvalue weighted by molar-refractivity contribution is 1.17. The summed E-state index contributed by atoms with van der Waals surface area (Å²) >= 11 is 3.74. The van der Waals surface area contributed by atoms with E-state index in [0.29, 0.717) is 0 Å². The monoisotopic (exact) mass is 672 g/mol. The largest absolute Gasteiger partial charge is 0.308 e. The molecule has 0 radical (unpaired) electrons. The van der Waals surface area contributed by atoms with Crippen LogP contribution in [-0.2, 0) is 0 Å². The zero-order valence-corrected chi connectivity index (χ0v) is 28.5. The highest BCUT2D eigenvalue weighted by molar-refractivity contribution is 7.26. The van der Waals surface area contributed by atoms with Crippen molar-refractivity contribution in [2.75, 3.05) is 4.90 Å². The van der Waals surface area contributed by atoms with E-state index in [1.807, 2.05) is 22.7 Å². The van der Waals surface area contributed by atoms with Gasteiger partial charge < -0.3 is 9.47 Å².